The second-order valence-electron chi connectivity index (χ2n) is 3.40. The molecule has 0 unspecified atom stereocenters. The molecule has 0 radical (unpaired) electrons. The van der Waals surface area contributed by atoms with E-state index >= 15 is 0 Å². The first-order valence-corrected chi connectivity index (χ1v) is 5.42. The van der Waals surface area contributed by atoms with Gasteiger partial charge in [-0.15, -0.1) is 0 Å². The largest absolute Gasteiger partial charge is 0.458 e. The Balaban J connectivity index is 0.000000202. The maximum absolute atomic E-state index is 9.09. The maximum Gasteiger partial charge on any atom is 0.458 e. The van der Waals surface area contributed by atoms with Gasteiger partial charge in [0.25, 0.3) is 0 Å². The van der Waals surface area contributed by atoms with Crippen LogP contribution in [0, 0.1) is 0 Å². The lowest BCUT2D eigenvalue weighted by molar-refractivity contribution is 0.325. The minimum atomic E-state index is -0.683. The van der Waals surface area contributed by atoms with E-state index in [1.165, 1.54) is 7.11 Å². The number of rotatable bonds is 3. The van der Waals surface area contributed by atoms with E-state index in [1.807, 2.05) is 48.5 Å². The average molecular weight is 229 g/mol. The Morgan fingerprint density at radius 3 is 2.06 bits per heavy atom. The van der Waals surface area contributed by atoms with Crippen molar-refractivity contribution in [3.8, 4) is 0 Å². The van der Waals surface area contributed by atoms with E-state index in [4.69, 9.17) is 9.68 Å². The summed E-state index contributed by atoms with van der Waals surface area (Å²) in [5.74, 6) is 0. The van der Waals surface area contributed by atoms with Crippen molar-refractivity contribution < 1.29 is 9.68 Å². The number of pyridine rings is 1. The molecule has 0 amide bonds. The van der Waals surface area contributed by atoms with Gasteiger partial charge < -0.3 is 9.68 Å². The van der Waals surface area contributed by atoms with Gasteiger partial charge in [0.05, 0.1) is 0 Å². The molecule has 0 fully saturated rings. The van der Waals surface area contributed by atoms with Crippen LogP contribution in [0.3, 0.4) is 0 Å². The zero-order valence-electron chi connectivity index (χ0n) is 9.86. The molecule has 0 atom stereocenters. The summed E-state index contributed by atoms with van der Waals surface area (Å²) < 4.78 is 4.71. The van der Waals surface area contributed by atoms with E-state index in [-0.39, 0.29) is 0 Å². The van der Waals surface area contributed by atoms with Gasteiger partial charge in [-0.25, -0.2) is 0 Å². The Hall–Kier alpha value is -1.65. The van der Waals surface area contributed by atoms with Gasteiger partial charge in [-0.3, -0.25) is 4.98 Å². The van der Waals surface area contributed by atoms with Crippen molar-refractivity contribution in [1.82, 2.24) is 4.98 Å². The van der Waals surface area contributed by atoms with Crippen LogP contribution in [0.4, 0.5) is 0 Å². The number of nitrogens with zero attached hydrogens (tertiary/aromatic N) is 1. The van der Waals surface area contributed by atoms with Crippen LogP contribution in [0.5, 0.6) is 0 Å². The maximum atomic E-state index is 9.09. The van der Waals surface area contributed by atoms with Crippen LogP contribution < -0.4 is 0 Å². The summed E-state index contributed by atoms with van der Waals surface area (Å²) in [6, 6.07) is 15.5. The van der Waals surface area contributed by atoms with Crippen LogP contribution in [-0.2, 0) is 11.0 Å². The summed E-state index contributed by atoms with van der Waals surface area (Å²) in [4.78, 5) is 3.78. The zero-order valence-corrected chi connectivity index (χ0v) is 9.86. The molecule has 1 N–H and O–H groups in total. The van der Waals surface area contributed by atoms with Gasteiger partial charge in [-0.05, 0) is 12.1 Å². The molecule has 1 aromatic carbocycles. The van der Waals surface area contributed by atoms with Crippen LogP contribution >= 0.6 is 0 Å². The highest BCUT2D eigenvalue weighted by molar-refractivity contribution is 6.42. The lowest BCUT2D eigenvalue weighted by Gasteiger charge is -2.02. The minimum Gasteiger partial charge on any atom is -0.427 e. The number of benzene rings is 1. The summed E-state index contributed by atoms with van der Waals surface area (Å²) in [5.41, 5.74) is 1.09. The molecular weight excluding hydrogens is 213 g/mol. The van der Waals surface area contributed by atoms with E-state index in [1.54, 1.807) is 12.4 Å². The molecule has 0 aliphatic rings. The first-order valence-electron chi connectivity index (χ1n) is 5.42. The predicted molar refractivity (Wildman–Crippen MR) is 69.4 cm³/mol. The summed E-state index contributed by atoms with van der Waals surface area (Å²) >= 11 is 0. The van der Waals surface area contributed by atoms with Crippen molar-refractivity contribution in [1.29, 1.82) is 0 Å². The number of aromatic nitrogens is 1. The van der Waals surface area contributed by atoms with Gasteiger partial charge in [0.2, 0.25) is 0 Å². The molecule has 0 aliphatic heterocycles. The second kappa shape index (κ2) is 8.50. The molecule has 3 nitrogen and oxygen atoms in total. The van der Waals surface area contributed by atoms with E-state index < -0.39 is 7.12 Å². The van der Waals surface area contributed by atoms with Gasteiger partial charge >= 0.3 is 7.12 Å². The van der Waals surface area contributed by atoms with Crippen LogP contribution in [0.2, 0.25) is 0 Å². The van der Waals surface area contributed by atoms with Crippen molar-refractivity contribution >= 4 is 7.12 Å². The first-order chi connectivity index (χ1) is 8.33. The molecule has 0 bridgehead atoms. The molecule has 0 saturated carbocycles. The summed E-state index contributed by atoms with van der Waals surface area (Å²) in [6.45, 7) is 0. The number of hydrogen-bond acceptors (Lipinski definition) is 3. The van der Waals surface area contributed by atoms with Gasteiger partial charge in [-0.2, -0.15) is 0 Å². The smallest absolute Gasteiger partial charge is 0.427 e. The van der Waals surface area contributed by atoms with E-state index in [2.05, 4.69) is 4.98 Å². The van der Waals surface area contributed by atoms with Gasteiger partial charge in [0.15, 0.2) is 0 Å². The molecule has 1 aromatic heterocycles. The normalized spacial score (nSPS) is 9.06. The lowest BCUT2D eigenvalue weighted by atomic mass is 9.81. The molecular formula is C13H16BNO2. The lowest BCUT2D eigenvalue weighted by Crippen LogP contribution is -2.18. The predicted octanol–water partition coefficient (Wildman–Crippen LogP) is 1.98. The van der Waals surface area contributed by atoms with Crippen molar-refractivity contribution in [2.24, 2.45) is 0 Å². The summed E-state index contributed by atoms with van der Waals surface area (Å²) in [7, 11) is 0.811. The summed E-state index contributed by atoms with van der Waals surface area (Å²) in [5, 5.41) is 9.09. The minimum absolute atomic E-state index is 0.553. The van der Waals surface area contributed by atoms with Gasteiger partial charge in [-0.1, -0.05) is 42.0 Å². The monoisotopic (exact) mass is 229 g/mol. The first kappa shape index (κ1) is 13.4. The van der Waals surface area contributed by atoms with Crippen LogP contribution in [0.25, 0.3) is 0 Å². The quantitative estimate of drug-likeness (QED) is 0.818. The average Bonchev–Trinajstić information content (AvgIpc) is 2.42. The molecule has 2 rings (SSSR count). The standard InChI is InChI=1S/C8H11BO2.C5H5N/c1-11-9(10)7-8-5-3-2-4-6-8;1-2-4-6-5-3-1/h2-6,10H,7H2,1H3;1-5H. The highest BCUT2D eigenvalue weighted by Crippen LogP contribution is 2.00. The molecule has 0 spiro atoms. The molecule has 88 valence electrons. The molecule has 17 heavy (non-hydrogen) atoms. The van der Waals surface area contributed by atoms with Crippen molar-refractivity contribution in [2.75, 3.05) is 7.11 Å². The molecule has 1 heterocycles. The van der Waals surface area contributed by atoms with E-state index in [0.29, 0.717) is 6.32 Å². The zero-order chi connectivity index (χ0) is 12.3. The Labute approximate surface area is 102 Å². The number of hydrogen-bond donors (Lipinski definition) is 1. The van der Waals surface area contributed by atoms with Crippen LogP contribution in [0.1, 0.15) is 5.56 Å². The van der Waals surface area contributed by atoms with Gasteiger partial charge in [0.1, 0.15) is 0 Å². The highest BCUT2D eigenvalue weighted by atomic mass is 16.5. The van der Waals surface area contributed by atoms with Crippen molar-refractivity contribution in [3.05, 3.63) is 66.5 Å². The fourth-order valence-electron chi connectivity index (χ4n) is 1.21. The van der Waals surface area contributed by atoms with Crippen molar-refractivity contribution in [2.45, 2.75) is 6.32 Å². The van der Waals surface area contributed by atoms with E-state index in [0.717, 1.165) is 5.56 Å². The molecule has 4 heteroatoms. The van der Waals surface area contributed by atoms with E-state index in [9.17, 15) is 0 Å². The topological polar surface area (TPSA) is 42.4 Å². The Morgan fingerprint density at radius 1 is 1.06 bits per heavy atom. The molecule has 0 aliphatic carbocycles. The Bertz CT molecular complexity index is 356. The van der Waals surface area contributed by atoms with Crippen molar-refractivity contribution in [3.63, 3.8) is 0 Å². The van der Waals surface area contributed by atoms with Crippen LogP contribution in [-0.4, -0.2) is 24.2 Å². The highest BCUT2D eigenvalue weighted by Gasteiger charge is 2.10. The third-order valence-corrected chi connectivity index (χ3v) is 2.09. The second-order valence-corrected chi connectivity index (χ2v) is 3.40. The fraction of sp³-hybridized carbons (Fsp3) is 0.154. The third-order valence-electron chi connectivity index (χ3n) is 2.09. The SMILES string of the molecule is COB(O)Cc1ccccc1.c1ccncc1. The Morgan fingerprint density at radius 2 is 1.65 bits per heavy atom. The van der Waals surface area contributed by atoms with Crippen LogP contribution in [0.15, 0.2) is 60.9 Å². The fourth-order valence-corrected chi connectivity index (χ4v) is 1.21. The van der Waals surface area contributed by atoms with Gasteiger partial charge in [0, 0.05) is 25.8 Å². The molecule has 2 aromatic rings. The summed E-state index contributed by atoms with van der Waals surface area (Å²) in [6.07, 6.45) is 4.05. The Kier molecular flexibility index (Phi) is 6.71. The third kappa shape index (κ3) is 6.50. The molecule has 0 saturated heterocycles.